The van der Waals surface area contributed by atoms with Gasteiger partial charge in [-0.25, -0.2) is 9.78 Å². The zero-order chi connectivity index (χ0) is 22.7. The third-order valence-electron chi connectivity index (χ3n) is 4.88. The van der Waals surface area contributed by atoms with Crippen molar-refractivity contribution in [1.29, 1.82) is 0 Å². The highest BCUT2D eigenvalue weighted by atomic mass is 79.9. The number of nitrogens with zero attached hydrogens (tertiary/aromatic N) is 3. The van der Waals surface area contributed by atoms with E-state index in [1.165, 1.54) is 10.9 Å². The van der Waals surface area contributed by atoms with Crippen molar-refractivity contribution in [1.82, 2.24) is 9.66 Å². The molecule has 0 aliphatic rings. The maximum atomic E-state index is 13.0. The van der Waals surface area contributed by atoms with Crippen molar-refractivity contribution in [2.45, 2.75) is 20.3 Å². The van der Waals surface area contributed by atoms with Gasteiger partial charge < -0.3 is 4.74 Å². The van der Waals surface area contributed by atoms with Crippen LogP contribution in [0.25, 0.3) is 10.9 Å². The van der Waals surface area contributed by atoms with Gasteiger partial charge in [-0.1, -0.05) is 52.7 Å². The zero-order valence-corrected chi connectivity index (χ0v) is 19.2. The molecule has 160 valence electrons. The smallest absolute Gasteiger partial charge is 0.343 e. The van der Waals surface area contributed by atoms with Gasteiger partial charge in [-0.2, -0.15) is 9.78 Å². The molecule has 0 spiro atoms. The summed E-state index contributed by atoms with van der Waals surface area (Å²) in [7, 11) is 0. The van der Waals surface area contributed by atoms with Gasteiger partial charge in [0.25, 0.3) is 5.56 Å². The van der Waals surface area contributed by atoms with Crippen LogP contribution in [-0.2, 0) is 6.42 Å². The predicted molar refractivity (Wildman–Crippen MR) is 129 cm³/mol. The molecule has 0 saturated heterocycles. The van der Waals surface area contributed by atoms with Crippen LogP contribution in [0.4, 0.5) is 0 Å². The minimum atomic E-state index is -0.468. The first-order valence-electron chi connectivity index (χ1n) is 10.1. The third-order valence-corrected chi connectivity index (χ3v) is 5.37. The number of aromatic nitrogens is 2. The summed E-state index contributed by atoms with van der Waals surface area (Å²) in [5.41, 5.74) is 2.35. The van der Waals surface area contributed by atoms with Crippen molar-refractivity contribution >= 4 is 39.0 Å². The lowest BCUT2D eigenvalue weighted by Crippen LogP contribution is -2.22. The Balaban J connectivity index is 1.72. The summed E-state index contributed by atoms with van der Waals surface area (Å²) in [5.74, 6) is 0.408. The summed E-state index contributed by atoms with van der Waals surface area (Å²) < 4.78 is 7.71. The van der Waals surface area contributed by atoms with E-state index >= 15 is 0 Å². The van der Waals surface area contributed by atoms with Gasteiger partial charge in [0.2, 0.25) is 0 Å². The molecule has 0 aliphatic heterocycles. The molecule has 0 unspecified atom stereocenters. The second-order valence-corrected chi connectivity index (χ2v) is 8.12. The quantitative estimate of drug-likeness (QED) is 0.221. The van der Waals surface area contributed by atoms with Gasteiger partial charge in [0.15, 0.2) is 0 Å². The molecule has 0 radical (unpaired) electrons. The molecule has 0 N–H and O–H groups in total. The summed E-state index contributed by atoms with van der Waals surface area (Å²) >= 11 is 3.44. The topological polar surface area (TPSA) is 73.6 Å². The van der Waals surface area contributed by atoms with E-state index in [0.717, 1.165) is 10.0 Å². The Kier molecular flexibility index (Phi) is 6.28. The van der Waals surface area contributed by atoms with Crippen molar-refractivity contribution in [2.24, 2.45) is 5.10 Å². The summed E-state index contributed by atoms with van der Waals surface area (Å²) in [4.78, 5) is 30.2. The minimum absolute atomic E-state index is 0.253. The van der Waals surface area contributed by atoms with E-state index in [9.17, 15) is 9.59 Å². The van der Waals surface area contributed by atoms with E-state index in [0.29, 0.717) is 40.0 Å². The van der Waals surface area contributed by atoms with Gasteiger partial charge in [-0.15, -0.1) is 0 Å². The monoisotopic (exact) mass is 489 g/mol. The second-order valence-electron chi connectivity index (χ2n) is 7.20. The van der Waals surface area contributed by atoms with E-state index in [-0.39, 0.29) is 5.56 Å². The van der Waals surface area contributed by atoms with E-state index in [4.69, 9.17) is 4.74 Å². The lowest BCUT2D eigenvalue weighted by molar-refractivity contribution is 0.0734. The van der Waals surface area contributed by atoms with E-state index in [1.54, 1.807) is 54.6 Å². The van der Waals surface area contributed by atoms with Crippen molar-refractivity contribution in [3.63, 3.8) is 0 Å². The Labute approximate surface area is 193 Å². The van der Waals surface area contributed by atoms with Gasteiger partial charge in [-0.3, -0.25) is 4.79 Å². The highest BCUT2D eigenvalue weighted by molar-refractivity contribution is 9.10. The number of halogens is 1. The number of para-hydroxylation sites is 1. The molecule has 0 saturated carbocycles. The van der Waals surface area contributed by atoms with Crippen LogP contribution in [0.3, 0.4) is 0 Å². The summed E-state index contributed by atoms with van der Waals surface area (Å²) in [6, 6.07) is 19.6. The molecule has 4 rings (SSSR count). The Morgan fingerprint density at radius 3 is 2.72 bits per heavy atom. The largest absolute Gasteiger partial charge is 0.422 e. The first-order chi connectivity index (χ1) is 15.5. The van der Waals surface area contributed by atoms with Crippen LogP contribution in [0.1, 0.15) is 34.2 Å². The molecule has 6 nitrogen and oxygen atoms in total. The first kappa shape index (κ1) is 21.6. The fourth-order valence-corrected chi connectivity index (χ4v) is 3.66. The van der Waals surface area contributed by atoms with Crippen molar-refractivity contribution in [2.75, 3.05) is 0 Å². The summed E-state index contributed by atoms with van der Waals surface area (Å²) in [6.45, 7) is 3.83. The Morgan fingerprint density at radius 2 is 1.94 bits per heavy atom. The molecule has 3 aromatic carbocycles. The van der Waals surface area contributed by atoms with Crippen LogP contribution in [-0.4, -0.2) is 21.8 Å². The fourth-order valence-electron chi connectivity index (χ4n) is 3.28. The third kappa shape index (κ3) is 4.53. The van der Waals surface area contributed by atoms with E-state index < -0.39 is 5.97 Å². The predicted octanol–water partition coefficient (Wildman–Crippen LogP) is 5.13. The van der Waals surface area contributed by atoms with Crippen molar-refractivity contribution in [3.8, 4) is 5.75 Å². The molecule has 32 heavy (non-hydrogen) atoms. The molecule has 0 aliphatic carbocycles. The van der Waals surface area contributed by atoms with Crippen LogP contribution >= 0.6 is 15.9 Å². The molecule has 0 bridgehead atoms. The average molecular weight is 490 g/mol. The molecule has 1 heterocycles. The molecule has 0 fully saturated rings. The van der Waals surface area contributed by atoms with Gasteiger partial charge in [0.05, 0.1) is 22.7 Å². The summed E-state index contributed by atoms with van der Waals surface area (Å²) in [5, 5.41) is 4.89. The maximum Gasteiger partial charge on any atom is 0.343 e. The Morgan fingerprint density at radius 1 is 1.12 bits per heavy atom. The van der Waals surface area contributed by atoms with E-state index in [1.807, 2.05) is 26.0 Å². The van der Waals surface area contributed by atoms with Crippen LogP contribution in [0.5, 0.6) is 5.75 Å². The summed E-state index contributed by atoms with van der Waals surface area (Å²) in [6.07, 6.45) is 2.03. The number of fused-ring (bicyclic) bond motifs is 1. The second kappa shape index (κ2) is 9.28. The average Bonchev–Trinajstić information content (AvgIpc) is 2.79. The van der Waals surface area contributed by atoms with Crippen molar-refractivity contribution < 1.29 is 9.53 Å². The number of benzene rings is 3. The highest BCUT2D eigenvalue weighted by Gasteiger charge is 2.13. The standard InChI is InChI=1S/C25H20BrN3O3/c1-3-23-28-21-10-5-4-9-20(21)24(30)29(23)27-15-18-14-19(26)11-12-22(18)32-25(31)17-8-6-7-16(2)13-17/h4-15H,3H2,1-2H3. The Hall–Kier alpha value is -3.58. The number of carbonyl (C=O) groups excluding carboxylic acids is 1. The van der Waals surface area contributed by atoms with Gasteiger partial charge in [-0.05, 0) is 49.4 Å². The minimum Gasteiger partial charge on any atom is -0.422 e. The van der Waals surface area contributed by atoms with Gasteiger partial charge in [0.1, 0.15) is 11.6 Å². The van der Waals surface area contributed by atoms with Gasteiger partial charge in [0, 0.05) is 16.5 Å². The van der Waals surface area contributed by atoms with E-state index in [2.05, 4.69) is 26.0 Å². The molecule has 4 aromatic rings. The fraction of sp³-hybridized carbons (Fsp3) is 0.120. The maximum absolute atomic E-state index is 13.0. The zero-order valence-electron chi connectivity index (χ0n) is 17.6. The van der Waals surface area contributed by atoms with Crippen LogP contribution in [0.15, 0.2) is 81.1 Å². The molecular weight excluding hydrogens is 470 g/mol. The highest BCUT2D eigenvalue weighted by Crippen LogP contribution is 2.23. The van der Waals surface area contributed by atoms with Crippen LogP contribution in [0, 0.1) is 6.92 Å². The van der Waals surface area contributed by atoms with Crippen molar-refractivity contribution in [3.05, 3.63) is 104 Å². The number of hydrogen-bond donors (Lipinski definition) is 0. The lowest BCUT2D eigenvalue weighted by Gasteiger charge is -2.10. The number of carbonyl (C=O) groups is 1. The molecule has 1 aromatic heterocycles. The van der Waals surface area contributed by atoms with Gasteiger partial charge >= 0.3 is 5.97 Å². The number of rotatable bonds is 5. The molecular formula is C25H20BrN3O3. The number of ether oxygens (including phenoxy) is 1. The molecule has 0 atom stereocenters. The number of aryl methyl sites for hydroxylation is 2. The molecule has 7 heteroatoms. The number of esters is 1. The normalized spacial score (nSPS) is 11.2. The van der Waals surface area contributed by atoms with Crippen LogP contribution < -0.4 is 10.3 Å². The number of hydrogen-bond acceptors (Lipinski definition) is 5. The molecule has 0 amide bonds. The Bertz CT molecular complexity index is 1410. The lowest BCUT2D eigenvalue weighted by atomic mass is 10.1. The van der Waals surface area contributed by atoms with Crippen LogP contribution in [0.2, 0.25) is 0 Å². The SMILES string of the molecule is CCc1nc2ccccc2c(=O)n1N=Cc1cc(Br)ccc1OC(=O)c1cccc(C)c1. The first-order valence-corrected chi connectivity index (χ1v) is 10.9.